The predicted molar refractivity (Wildman–Crippen MR) is 120 cm³/mol. The van der Waals surface area contributed by atoms with Crippen LogP contribution in [0.25, 0.3) is 10.8 Å². The van der Waals surface area contributed by atoms with Crippen molar-refractivity contribution >= 4 is 34.2 Å². The van der Waals surface area contributed by atoms with Crippen LogP contribution in [0.3, 0.4) is 0 Å². The van der Waals surface area contributed by atoms with Crippen LogP contribution in [-0.2, 0) is 4.79 Å². The summed E-state index contributed by atoms with van der Waals surface area (Å²) in [6.45, 7) is 0.378. The second-order valence-electron chi connectivity index (χ2n) is 6.89. The van der Waals surface area contributed by atoms with Gasteiger partial charge in [0.15, 0.2) is 5.96 Å². The van der Waals surface area contributed by atoms with Gasteiger partial charge in [0.2, 0.25) is 5.91 Å². The molecule has 1 atom stereocenters. The van der Waals surface area contributed by atoms with Crippen LogP contribution in [0.1, 0.15) is 23.2 Å². The number of carbonyl (C=O) groups is 2. The smallest absolute Gasteiger partial charge is 0.251 e. The molecule has 7 nitrogen and oxygen atoms in total. The number of nitrogens with zero attached hydrogens (tertiary/aromatic N) is 1. The number of hydrogen-bond donors (Lipinski definition) is 4. The standard InChI is InChI=1S/C23H25N5O2/c24-23(25)26-14-6-11-20(28-21(29)17-8-2-1-3-9-17)22(30)27-19-13-12-16-7-4-5-10-18(16)15-19/h1-5,7-10,12-13,15,20H,6,11,14H2,(H,27,30)(H,28,29)(H4,24,25,26)/t20-/m0/s1. The minimum atomic E-state index is -0.724. The van der Waals surface area contributed by atoms with Crippen molar-refractivity contribution < 1.29 is 9.59 Å². The van der Waals surface area contributed by atoms with Crippen LogP contribution in [0.15, 0.2) is 77.8 Å². The lowest BCUT2D eigenvalue weighted by Gasteiger charge is -2.18. The summed E-state index contributed by atoms with van der Waals surface area (Å²) in [5, 5.41) is 7.82. The molecule has 2 amide bonds. The Hall–Kier alpha value is -3.87. The molecule has 0 bridgehead atoms. The molecule has 30 heavy (non-hydrogen) atoms. The van der Waals surface area contributed by atoms with E-state index in [1.807, 2.05) is 48.5 Å². The van der Waals surface area contributed by atoms with Crippen molar-refractivity contribution in [3.05, 3.63) is 78.4 Å². The van der Waals surface area contributed by atoms with Crippen molar-refractivity contribution in [2.45, 2.75) is 18.9 Å². The average molecular weight is 403 g/mol. The molecule has 0 saturated heterocycles. The molecule has 3 aromatic rings. The number of amides is 2. The Morgan fingerprint density at radius 3 is 2.33 bits per heavy atom. The lowest BCUT2D eigenvalue weighted by atomic mass is 10.1. The summed E-state index contributed by atoms with van der Waals surface area (Å²) in [5.41, 5.74) is 11.9. The fourth-order valence-electron chi connectivity index (χ4n) is 3.10. The van der Waals surface area contributed by atoms with Gasteiger partial charge < -0.3 is 22.1 Å². The normalized spacial score (nSPS) is 11.5. The third-order valence-corrected chi connectivity index (χ3v) is 4.62. The number of anilines is 1. The molecule has 0 heterocycles. The largest absolute Gasteiger partial charge is 0.370 e. The van der Waals surface area contributed by atoms with Crippen molar-refractivity contribution in [3.63, 3.8) is 0 Å². The maximum absolute atomic E-state index is 12.9. The highest BCUT2D eigenvalue weighted by molar-refractivity contribution is 6.02. The zero-order chi connectivity index (χ0) is 21.3. The van der Waals surface area contributed by atoms with E-state index >= 15 is 0 Å². The van der Waals surface area contributed by atoms with E-state index in [0.29, 0.717) is 30.6 Å². The van der Waals surface area contributed by atoms with Gasteiger partial charge in [-0.05, 0) is 47.9 Å². The van der Waals surface area contributed by atoms with E-state index in [0.717, 1.165) is 10.8 Å². The summed E-state index contributed by atoms with van der Waals surface area (Å²) < 4.78 is 0. The predicted octanol–water partition coefficient (Wildman–Crippen LogP) is 2.63. The molecule has 0 aliphatic carbocycles. The average Bonchev–Trinajstić information content (AvgIpc) is 2.76. The lowest BCUT2D eigenvalue weighted by Crippen LogP contribution is -2.44. The highest BCUT2D eigenvalue weighted by Gasteiger charge is 2.21. The first-order chi connectivity index (χ1) is 14.5. The minimum absolute atomic E-state index is 0.000450. The molecule has 0 saturated carbocycles. The van der Waals surface area contributed by atoms with E-state index < -0.39 is 6.04 Å². The van der Waals surface area contributed by atoms with Gasteiger partial charge in [0, 0.05) is 17.8 Å². The summed E-state index contributed by atoms with van der Waals surface area (Å²) >= 11 is 0. The van der Waals surface area contributed by atoms with E-state index in [9.17, 15) is 9.59 Å². The van der Waals surface area contributed by atoms with Crippen LogP contribution >= 0.6 is 0 Å². The Bertz CT molecular complexity index is 1050. The zero-order valence-corrected chi connectivity index (χ0v) is 16.5. The summed E-state index contributed by atoms with van der Waals surface area (Å²) in [6, 6.07) is 21.7. The molecule has 7 heteroatoms. The van der Waals surface area contributed by atoms with Gasteiger partial charge in [0.05, 0.1) is 0 Å². The van der Waals surface area contributed by atoms with E-state index in [1.165, 1.54) is 0 Å². The van der Waals surface area contributed by atoms with Crippen molar-refractivity contribution in [1.29, 1.82) is 0 Å². The summed E-state index contributed by atoms with van der Waals surface area (Å²) in [5.74, 6) is -0.601. The summed E-state index contributed by atoms with van der Waals surface area (Å²) in [4.78, 5) is 29.4. The Balaban J connectivity index is 1.72. The quantitative estimate of drug-likeness (QED) is 0.262. The molecular formula is C23H25N5O2. The van der Waals surface area contributed by atoms with E-state index in [4.69, 9.17) is 11.5 Å². The van der Waals surface area contributed by atoms with Gasteiger partial charge in [-0.2, -0.15) is 0 Å². The Labute approximate surface area is 175 Å². The third-order valence-electron chi connectivity index (χ3n) is 4.62. The van der Waals surface area contributed by atoms with Gasteiger partial charge in [-0.25, -0.2) is 0 Å². The monoisotopic (exact) mass is 403 g/mol. The zero-order valence-electron chi connectivity index (χ0n) is 16.5. The van der Waals surface area contributed by atoms with E-state index in [1.54, 1.807) is 24.3 Å². The molecule has 6 N–H and O–H groups in total. The first-order valence-electron chi connectivity index (χ1n) is 9.74. The number of rotatable bonds is 8. The fourth-order valence-corrected chi connectivity index (χ4v) is 3.10. The first-order valence-corrected chi connectivity index (χ1v) is 9.74. The number of aliphatic imine (C=N–C) groups is 1. The molecular weight excluding hydrogens is 378 g/mol. The molecule has 0 aliphatic rings. The molecule has 3 aromatic carbocycles. The van der Waals surface area contributed by atoms with Gasteiger partial charge in [0.1, 0.15) is 6.04 Å². The molecule has 3 rings (SSSR count). The van der Waals surface area contributed by atoms with Gasteiger partial charge in [-0.3, -0.25) is 14.6 Å². The number of hydrogen-bond acceptors (Lipinski definition) is 3. The Morgan fingerprint density at radius 1 is 0.900 bits per heavy atom. The topological polar surface area (TPSA) is 123 Å². The molecule has 154 valence electrons. The minimum Gasteiger partial charge on any atom is -0.370 e. The maximum atomic E-state index is 12.9. The number of nitrogens with two attached hydrogens (primary N) is 2. The SMILES string of the molecule is NC(N)=NCCC[C@H](NC(=O)c1ccccc1)C(=O)Nc1ccc2ccccc2c1. The second kappa shape index (κ2) is 10.1. The van der Waals surface area contributed by atoms with Crippen LogP contribution in [0.4, 0.5) is 5.69 Å². The fraction of sp³-hybridized carbons (Fsp3) is 0.174. The number of fused-ring (bicyclic) bond motifs is 1. The highest BCUT2D eigenvalue weighted by Crippen LogP contribution is 2.19. The van der Waals surface area contributed by atoms with Gasteiger partial charge >= 0.3 is 0 Å². The van der Waals surface area contributed by atoms with E-state index in [2.05, 4.69) is 15.6 Å². The van der Waals surface area contributed by atoms with Gasteiger partial charge in [-0.15, -0.1) is 0 Å². The summed E-state index contributed by atoms with van der Waals surface area (Å²) in [7, 11) is 0. The molecule has 0 aliphatic heterocycles. The summed E-state index contributed by atoms with van der Waals surface area (Å²) in [6.07, 6.45) is 0.942. The molecule has 0 spiro atoms. The van der Waals surface area contributed by atoms with E-state index in [-0.39, 0.29) is 17.8 Å². The van der Waals surface area contributed by atoms with Crippen molar-refractivity contribution in [3.8, 4) is 0 Å². The highest BCUT2D eigenvalue weighted by atomic mass is 16.2. The number of nitrogens with one attached hydrogen (secondary N) is 2. The molecule has 0 aromatic heterocycles. The van der Waals surface area contributed by atoms with Crippen LogP contribution in [0.2, 0.25) is 0 Å². The molecule has 0 fully saturated rings. The van der Waals surface area contributed by atoms with Crippen molar-refractivity contribution in [2.75, 3.05) is 11.9 Å². The van der Waals surface area contributed by atoms with Crippen molar-refractivity contribution in [2.24, 2.45) is 16.5 Å². The number of carbonyl (C=O) groups excluding carboxylic acids is 2. The third kappa shape index (κ3) is 5.81. The Morgan fingerprint density at radius 2 is 1.60 bits per heavy atom. The van der Waals surface area contributed by atoms with Crippen LogP contribution < -0.4 is 22.1 Å². The van der Waals surface area contributed by atoms with Crippen LogP contribution in [0, 0.1) is 0 Å². The van der Waals surface area contributed by atoms with Crippen LogP contribution in [-0.4, -0.2) is 30.4 Å². The Kier molecular flexibility index (Phi) is 7.00. The number of benzene rings is 3. The van der Waals surface area contributed by atoms with Crippen molar-refractivity contribution in [1.82, 2.24) is 5.32 Å². The lowest BCUT2D eigenvalue weighted by molar-refractivity contribution is -0.118. The maximum Gasteiger partial charge on any atom is 0.251 e. The molecule has 0 radical (unpaired) electrons. The van der Waals surface area contributed by atoms with Gasteiger partial charge in [-0.1, -0.05) is 48.5 Å². The second-order valence-corrected chi connectivity index (χ2v) is 6.89. The molecule has 0 unspecified atom stereocenters. The van der Waals surface area contributed by atoms with Gasteiger partial charge in [0.25, 0.3) is 5.91 Å². The first kappa shape index (κ1) is 20.9. The number of guanidine groups is 1. The van der Waals surface area contributed by atoms with Crippen LogP contribution in [0.5, 0.6) is 0 Å².